The maximum atomic E-state index is 12.4. The smallest absolute Gasteiger partial charge is 0.256 e. The fraction of sp³-hybridized carbons (Fsp3) is 0.111. The van der Waals surface area contributed by atoms with E-state index in [9.17, 15) is 4.79 Å². The van der Waals surface area contributed by atoms with Crippen molar-refractivity contribution in [1.29, 1.82) is 0 Å². The van der Waals surface area contributed by atoms with Gasteiger partial charge in [0.1, 0.15) is 6.33 Å². The molecule has 9 nitrogen and oxygen atoms in total. The van der Waals surface area contributed by atoms with Gasteiger partial charge in [-0.05, 0) is 58.8 Å². The van der Waals surface area contributed by atoms with Gasteiger partial charge in [-0.25, -0.2) is 4.68 Å². The van der Waals surface area contributed by atoms with Crippen molar-refractivity contribution >= 4 is 11.7 Å². The number of nitrogens with zero attached hydrogens (tertiary/aromatic N) is 7. The minimum Gasteiger partial charge on any atom is -0.305 e. The standard InChI is InChI=1S/C18H16N8O/c27-18(15-1-3-16(4-2-15)26-13-20-23-24-26)21-17-8-12-25(22-17)11-7-14-5-9-19-10-6-14/h1-6,8-10,12-13H,7,11H2,(H,21,22,27). The second-order valence-corrected chi connectivity index (χ2v) is 5.82. The molecule has 4 aromatic rings. The van der Waals surface area contributed by atoms with Gasteiger partial charge in [-0.1, -0.05) is 0 Å². The van der Waals surface area contributed by atoms with Crippen molar-refractivity contribution < 1.29 is 4.79 Å². The first kappa shape index (κ1) is 16.6. The number of anilines is 1. The highest BCUT2D eigenvalue weighted by Gasteiger charge is 2.09. The zero-order chi connectivity index (χ0) is 18.5. The number of carbonyl (C=O) groups excluding carboxylic acids is 1. The Balaban J connectivity index is 1.36. The molecular formula is C18H16N8O. The highest BCUT2D eigenvalue weighted by molar-refractivity contribution is 6.03. The van der Waals surface area contributed by atoms with Gasteiger partial charge in [-0.2, -0.15) is 5.10 Å². The van der Waals surface area contributed by atoms with Crippen LogP contribution >= 0.6 is 0 Å². The van der Waals surface area contributed by atoms with Gasteiger partial charge in [-0.3, -0.25) is 14.5 Å². The van der Waals surface area contributed by atoms with Crippen LogP contribution in [0.25, 0.3) is 5.69 Å². The van der Waals surface area contributed by atoms with E-state index in [-0.39, 0.29) is 5.91 Å². The van der Waals surface area contributed by atoms with E-state index >= 15 is 0 Å². The zero-order valence-corrected chi connectivity index (χ0v) is 14.3. The Morgan fingerprint density at radius 2 is 1.85 bits per heavy atom. The number of carbonyl (C=O) groups is 1. The van der Waals surface area contributed by atoms with Gasteiger partial charge in [0, 0.05) is 36.8 Å². The molecule has 134 valence electrons. The van der Waals surface area contributed by atoms with Crippen LogP contribution in [0.2, 0.25) is 0 Å². The van der Waals surface area contributed by atoms with E-state index in [1.54, 1.807) is 47.4 Å². The molecular weight excluding hydrogens is 344 g/mol. The van der Waals surface area contributed by atoms with Crippen LogP contribution in [0.4, 0.5) is 5.82 Å². The Bertz CT molecular complexity index is 1010. The summed E-state index contributed by atoms with van der Waals surface area (Å²) in [6.45, 7) is 0.723. The minimum absolute atomic E-state index is 0.224. The van der Waals surface area contributed by atoms with Gasteiger partial charge >= 0.3 is 0 Å². The maximum absolute atomic E-state index is 12.4. The average Bonchev–Trinajstić information content (AvgIpc) is 3.40. The van der Waals surface area contributed by atoms with Gasteiger partial charge in [0.15, 0.2) is 5.82 Å². The van der Waals surface area contributed by atoms with E-state index in [2.05, 4.69) is 30.9 Å². The number of amides is 1. The largest absolute Gasteiger partial charge is 0.305 e. The molecule has 0 aliphatic heterocycles. The summed E-state index contributed by atoms with van der Waals surface area (Å²) >= 11 is 0. The first-order chi connectivity index (χ1) is 13.3. The van der Waals surface area contributed by atoms with Gasteiger partial charge in [0.25, 0.3) is 5.91 Å². The van der Waals surface area contributed by atoms with E-state index in [0.717, 1.165) is 18.7 Å². The van der Waals surface area contributed by atoms with Gasteiger partial charge in [0.05, 0.1) is 5.69 Å². The molecule has 1 aromatic carbocycles. The maximum Gasteiger partial charge on any atom is 0.256 e. The van der Waals surface area contributed by atoms with Crippen molar-refractivity contribution in [2.75, 3.05) is 5.32 Å². The molecule has 0 bridgehead atoms. The van der Waals surface area contributed by atoms with E-state index in [1.807, 2.05) is 18.3 Å². The second kappa shape index (κ2) is 7.56. The Hall–Kier alpha value is -3.88. The zero-order valence-electron chi connectivity index (χ0n) is 14.3. The van der Waals surface area contributed by atoms with Crippen molar-refractivity contribution in [3.05, 3.63) is 78.5 Å². The van der Waals surface area contributed by atoms with Crippen molar-refractivity contribution in [2.24, 2.45) is 0 Å². The summed E-state index contributed by atoms with van der Waals surface area (Å²) < 4.78 is 3.32. The van der Waals surface area contributed by atoms with Crippen LogP contribution in [-0.2, 0) is 13.0 Å². The number of pyridine rings is 1. The lowest BCUT2D eigenvalue weighted by atomic mass is 10.2. The molecule has 0 aliphatic rings. The molecule has 0 aliphatic carbocycles. The highest BCUT2D eigenvalue weighted by atomic mass is 16.1. The first-order valence-corrected chi connectivity index (χ1v) is 8.35. The summed E-state index contributed by atoms with van der Waals surface area (Å²) in [4.78, 5) is 16.4. The first-order valence-electron chi connectivity index (χ1n) is 8.35. The summed E-state index contributed by atoms with van der Waals surface area (Å²) in [5, 5.41) is 18.2. The number of nitrogens with one attached hydrogen (secondary N) is 1. The number of benzene rings is 1. The molecule has 0 atom stereocenters. The topological polar surface area (TPSA) is 103 Å². The Morgan fingerprint density at radius 1 is 1.04 bits per heavy atom. The van der Waals surface area contributed by atoms with Crippen LogP contribution in [-0.4, -0.2) is 40.9 Å². The number of hydrogen-bond donors (Lipinski definition) is 1. The molecule has 0 saturated carbocycles. The SMILES string of the molecule is O=C(Nc1ccn(CCc2ccncc2)n1)c1ccc(-n2cnnn2)cc1. The van der Waals surface area contributed by atoms with Crippen LogP contribution in [0.3, 0.4) is 0 Å². The van der Waals surface area contributed by atoms with Crippen LogP contribution < -0.4 is 5.32 Å². The number of tetrazole rings is 1. The third-order valence-electron chi connectivity index (χ3n) is 4.00. The molecule has 27 heavy (non-hydrogen) atoms. The molecule has 0 saturated heterocycles. The predicted molar refractivity (Wildman–Crippen MR) is 97.3 cm³/mol. The fourth-order valence-corrected chi connectivity index (χ4v) is 2.58. The van der Waals surface area contributed by atoms with Crippen LogP contribution in [0.15, 0.2) is 67.4 Å². The van der Waals surface area contributed by atoms with Gasteiger partial charge in [-0.15, -0.1) is 5.10 Å². The second-order valence-electron chi connectivity index (χ2n) is 5.82. The monoisotopic (exact) mass is 360 g/mol. The Kier molecular flexibility index (Phi) is 4.64. The molecule has 4 rings (SSSR count). The number of aromatic nitrogens is 7. The lowest BCUT2D eigenvalue weighted by Crippen LogP contribution is -2.13. The molecule has 1 N–H and O–H groups in total. The summed E-state index contributed by atoms with van der Waals surface area (Å²) in [6, 6.07) is 12.7. The lowest BCUT2D eigenvalue weighted by molar-refractivity contribution is 0.102. The minimum atomic E-state index is -0.224. The molecule has 0 spiro atoms. The molecule has 9 heteroatoms. The lowest BCUT2D eigenvalue weighted by Gasteiger charge is -2.04. The van der Waals surface area contributed by atoms with Gasteiger partial charge < -0.3 is 5.32 Å². The van der Waals surface area contributed by atoms with Crippen LogP contribution in [0.5, 0.6) is 0 Å². The number of rotatable bonds is 6. The van der Waals surface area contributed by atoms with Crippen molar-refractivity contribution in [3.63, 3.8) is 0 Å². The third-order valence-corrected chi connectivity index (χ3v) is 4.00. The van der Waals surface area contributed by atoms with Crippen LogP contribution in [0, 0.1) is 0 Å². The molecule has 3 heterocycles. The summed E-state index contributed by atoms with van der Waals surface area (Å²) in [5.41, 5.74) is 2.49. The van der Waals surface area contributed by atoms with Crippen molar-refractivity contribution in [3.8, 4) is 5.69 Å². The van der Waals surface area contributed by atoms with Crippen molar-refractivity contribution in [1.82, 2.24) is 35.0 Å². The molecule has 3 aromatic heterocycles. The molecule has 0 fully saturated rings. The van der Waals surface area contributed by atoms with Crippen LogP contribution in [0.1, 0.15) is 15.9 Å². The predicted octanol–water partition coefficient (Wildman–Crippen LogP) is 1.75. The fourth-order valence-electron chi connectivity index (χ4n) is 2.58. The quantitative estimate of drug-likeness (QED) is 0.562. The normalized spacial score (nSPS) is 10.7. The highest BCUT2D eigenvalue weighted by Crippen LogP contribution is 2.11. The molecule has 0 unspecified atom stereocenters. The molecule has 1 amide bonds. The van der Waals surface area contributed by atoms with E-state index in [1.165, 1.54) is 16.6 Å². The van der Waals surface area contributed by atoms with E-state index in [0.29, 0.717) is 11.4 Å². The summed E-state index contributed by atoms with van der Waals surface area (Å²) in [7, 11) is 0. The third kappa shape index (κ3) is 4.03. The Morgan fingerprint density at radius 3 is 2.59 bits per heavy atom. The van der Waals surface area contributed by atoms with Gasteiger partial charge in [0.2, 0.25) is 0 Å². The number of hydrogen-bond acceptors (Lipinski definition) is 6. The average molecular weight is 360 g/mol. The number of aryl methyl sites for hydroxylation is 2. The van der Waals surface area contributed by atoms with E-state index < -0.39 is 0 Å². The van der Waals surface area contributed by atoms with Crippen molar-refractivity contribution in [2.45, 2.75) is 13.0 Å². The summed E-state index contributed by atoms with van der Waals surface area (Å²) in [6.07, 6.45) is 7.73. The molecule has 0 radical (unpaired) electrons. The van der Waals surface area contributed by atoms with E-state index in [4.69, 9.17) is 0 Å². The Labute approximate surface area is 154 Å². The summed E-state index contributed by atoms with van der Waals surface area (Å²) in [5.74, 6) is 0.289.